The van der Waals surface area contributed by atoms with Gasteiger partial charge in [-0.3, -0.25) is 4.79 Å². The molecule has 0 bridgehead atoms. The lowest BCUT2D eigenvalue weighted by atomic mass is 10.3. The topological polar surface area (TPSA) is 54.6 Å². The molecule has 0 aliphatic rings. The molecule has 2 aromatic heterocycles. The number of carbonyl (C=O) groups is 1. The second kappa shape index (κ2) is 5.97. The molecule has 0 saturated heterocycles. The van der Waals surface area contributed by atoms with Crippen LogP contribution in [0.15, 0.2) is 39.2 Å². The number of hydrogen-bond donors (Lipinski definition) is 1. The molecule has 2 aromatic rings. The first kappa shape index (κ1) is 12.3. The number of rotatable bonds is 4. The average molecular weight is 360 g/mol. The van der Waals surface area contributed by atoms with Gasteiger partial charge < -0.3 is 4.42 Å². The van der Waals surface area contributed by atoms with Gasteiger partial charge in [-0.05, 0) is 46.2 Å². The van der Waals surface area contributed by atoms with Crippen molar-refractivity contribution in [2.75, 3.05) is 0 Å². The average Bonchev–Trinajstić information content (AvgIpc) is 2.90. The smallest absolute Gasteiger partial charge is 0.245 e. The number of halogens is 1. The van der Waals surface area contributed by atoms with Crippen molar-refractivity contribution in [1.82, 2.24) is 5.43 Å². The Morgan fingerprint density at radius 3 is 3.06 bits per heavy atom. The van der Waals surface area contributed by atoms with Crippen LogP contribution < -0.4 is 5.43 Å². The molecular weight excluding hydrogens is 351 g/mol. The van der Waals surface area contributed by atoms with E-state index in [-0.39, 0.29) is 5.91 Å². The van der Waals surface area contributed by atoms with Gasteiger partial charge in [0.25, 0.3) is 0 Å². The van der Waals surface area contributed by atoms with E-state index in [2.05, 4.69) is 33.1 Å². The van der Waals surface area contributed by atoms with Crippen molar-refractivity contribution in [2.24, 2.45) is 5.10 Å². The Bertz CT molecular complexity index is 519. The maximum absolute atomic E-state index is 11.5. The number of furan rings is 1. The second-order valence-corrected chi connectivity index (χ2v) is 5.29. The van der Waals surface area contributed by atoms with Crippen molar-refractivity contribution in [3.05, 3.63) is 44.0 Å². The van der Waals surface area contributed by atoms with E-state index in [1.165, 1.54) is 6.21 Å². The highest BCUT2D eigenvalue weighted by molar-refractivity contribution is 14.1. The fourth-order valence-electron chi connectivity index (χ4n) is 1.18. The van der Waals surface area contributed by atoms with Crippen LogP contribution in [0.4, 0.5) is 0 Å². The zero-order valence-corrected chi connectivity index (χ0v) is 11.7. The van der Waals surface area contributed by atoms with Gasteiger partial charge in [0.05, 0.1) is 12.6 Å². The van der Waals surface area contributed by atoms with Gasteiger partial charge in [0, 0.05) is 4.88 Å². The predicted molar refractivity (Wildman–Crippen MR) is 75.2 cm³/mol. The molecule has 1 amide bonds. The van der Waals surface area contributed by atoms with E-state index >= 15 is 0 Å². The maximum atomic E-state index is 11.5. The summed E-state index contributed by atoms with van der Waals surface area (Å²) in [5, 5.41) is 5.76. The van der Waals surface area contributed by atoms with E-state index in [0.717, 1.165) is 8.64 Å². The van der Waals surface area contributed by atoms with Gasteiger partial charge in [0.1, 0.15) is 5.76 Å². The summed E-state index contributed by atoms with van der Waals surface area (Å²) in [7, 11) is 0. The number of amides is 1. The summed E-state index contributed by atoms with van der Waals surface area (Å²) in [5.74, 6) is 0.482. The van der Waals surface area contributed by atoms with Crippen LogP contribution in [-0.4, -0.2) is 12.1 Å². The zero-order chi connectivity index (χ0) is 12.1. The summed E-state index contributed by atoms with van der Waals surface area (Å²) in [6.45, 7) is 0. The number of hydrazone groups is 1. The molecule has 17 heavy (non-hydrogen) atoms. The molecule has 0 aromatic carbocycles. The van der Waals surface area contributed by atoms with E-state index in [0.29, 0.717) is 12.2 Å². The van der Waals surface area contributed by atoms with E-state index in [1.54, 1.807) is 17.4 Å². The molecule has 0 radical (unpaired) electrons. The SMILES string of the molecule is O=C(Cc1cccs1)NN=Cc1ccc(I)o1. The summed E-state index contributed by atoms with van der Waals surface area (Å²) in [4.78, 5) is 12.5. The number of nitrogens with zero attached hydrogens (tertiary/aromatic N) is 1. The summed E-state index contributed by atoms with van der Waals surface area (Å²) in [6.07, 6.45) is 1.83. The van der Waals surface area contributed by atoms with Crippen molar-refractivity contribution in [3.63, 3.8) is 0 Å². The van der Waals surface area contributed by atoms with E-state index in [1.807, 2.05) is 23.6 Å². The lowest BCUT2D eigenvalue weighted by Crippen LogP contribution is -2.19. The van der Waals surface area contributed by atoms with Gasteiger partial charge in [-0.1, -0.05) is 6.07 Å². The molecule has 4 nitrogen and oxygen atoms in total. The maximum Gasteiger partial charge on any atom is 0.245 e. The Hall–Kier alpha value is -1.15. The second-order valence-electron chi connectivity index (χ2n) is 3.19. The van der Waals surface area contributed by atoms with Crippen molar-refractivity contribution in [2.45, 2.75) is 6.42 Å². The molecular formula is C11H9IN2O2S. The van der Waals surface area contributed by atoms with Crippen LogP contribution in [0.1, 0.15) is 10.6 Å². The van der Waals surface area contributed by atoms with Crippen molar-refractivity contribution in [3.8, 4) is 0 Å². The van der Waals surface area contributed by atoms with Crippen LogP contribution in [-0.2, 0) is 11.2 Å². The number of hydrogen-bond acceptors (Lipinski definition) is 4. The van der Waals surface area contributed by atoms with Crippen LogP contribution in [0.5, 0.6) is 0 Å². The first-order chi connectivity index (χ1) is 8.24. The van der Waals surface area contributed by atoms with Crippen LogP contribution in [0.3, 0.4) is 0 Å². The first-order valence-corrected chi connectivity index (χ1v) is 6.79. The van der Waals surface area contributed by atoms with Gasteiger partial charge in [-0.2, -0.15) is 5.10 Å². The van der Waals surface area contributed by atoms with Gasteiger partial charge in [-0.15, -0.1) is 11.3 Å². The van der Waals surface area contributed by atoms with E-state index in [9.17, 15) is 4.79 Å². The number of thiophene rings is 1. The van der Waals surface area contributed by atoms with Gasteiger partial charge >= 0.3 is 0 Å². The standard InChI is InChI=1S/C11H9IN2O2S/c12-10-4-3-8(16-10)7-13-14-11(15)6-9-2-1-5-17-9/h1-5,7H,6H2,(H,14,15). The first-order valence-electron chi connectivity index (χ1n) is 4.83. The van der Waals surface area contributed by atoms with Gasteiger partial charge in [-0.25, -0.2) is 5.43 Å². The number of carbonyl (C=O) groups excluding carboxylic acids is 1. The molecule has 0 fully saturated rings. The molecule has 88 valence electrons. The van der Waals surface area contributed by atoms with E-state index in [4.69, 9.17) is 4.42 Å². The Morgan fingerprint density at radius 1 is 1.53 bits per heavy atom. The highest BCUT2D eigenvalue weighted by Gasteiger charge is 2.02. The molecule has 0 unspecified atom stereocenters. The highest BCUT2D eigenvalue weighted by Crippen LogP contribution is 2.09. The molecule has 0 saturated carbocycles. The van der Waals surface area contributed by atoms with Crippen molar-refractivity contribution < 1.29 is 9.21 Å². The molecule has 0 spiro atoms. The summed E-state index contributed by atoms with van der Waals surface area (Å²) in [6, 6.07) is 7.45. The fourth-order valence-corrected chi connectivity index (χ4v) is 2.31. The summed E-state index contributed by atoms with van der Waals surface area (Å²) < 4.78 is 6.05. The van der Waals surface area contributed by atoms with Crippen molar-refractivity contribution in [1.29, 1.82) is 0 Å². The molecule has 1 N–H and O–H groups in total. The minimum absolute atomic E-state index is 0.134. The lowest BCUT2D eigenvalue weighted by molar-refractivity contribution is -0.120. The van der Waals surface area contributed by atoms with Gasteiger partial charge in [0.15, 0.2) is 3.77 Å². The van der Waals surface area contributed by atoms with Gasteiger partial charge in [0.2, 0.25) is 5.91 Å². The monoisotopic (exact) mass is 360 g/mol. The molecule has 2 heterocycles. The quantitative estimate of drug-likeness (QED) is 0.518. The predicted octanol–water partition coefficient (Wildman–Crippen LogP) is 2.64. The summed E-state index contributed by atoms with van der Waals surface area (Å²) in [5.41, 5.74) is 2.45. The van der Waals surface area contributed by atoms with Crippen molar-refractivity contribution >= 4 is 46.0 Å². The molecule has 6 heteroatoms. The third-order valence-electron chi connectivity index (χ3n) is 1.89. The van der Waals surface area contributed by atoms with Crippen LogP contribution >= 0.6 is 33.9 Å². The third kappa shape index (κ3) is 3.97. The fraction of sp³-hybridized carbons (Fsp3) is 0.0909. The molecule has 0 atom stereocenters. The highest BCUT2D eigenvalue weighted by atomic mass is 127. The normalized spacial score (nSPS) is 10.9. The Morgan fingerprint density at radius 2 is 2.41 bits per heavy atom. The lowest BCUT2D eigenvalue weighted by Gasteiger charge is -1.95. The third-order valence-corrected chi connectivity index (χ3v) is 3.35. The molecule has 0 aliphatic heterocycles. The Labute approximate surface area is 116 Å². The minimum atomic E-state index is -0.134. The zero-order valence-electron chi connectivity index (χ0n) is 8.72. The molecule has 0 aliphatic carbocycles. The Balaban J connectivity index is 1.82. The Kier molecular flexibility index (Phi) is 4.32. The minimum Gasteiger partial charge on any atom is -0.449 e. The molecule has 2 rings (SSSR count). The van der Waals surface area contributed by atoms with Crippen LogP contribution in [0, 0.1) is 3.77 Å². The van der Waals surface area contributed by atoms with Crippen LogP contribution in [0.2, 0.25) is 0 Å². The largest absolute Gasteiger partial charge is 0.449 e. The van der Waals surface area contributed by atoms with E-state index < -0.39 is 0 Å². The number of nitrogens with one attached hydrogen (secondary N) is 1. The summed E-state index contributed by atoms with van der Waals surface area (Å²) >= 11 is 3.62. The van der Waals surface area contributed by atoms with Crippen LogP contribution in [0.25, 0.3) is 0 Å².